The van der Waals surface area contributed by atoms with Crippen molar-refractivity contribution < 1.29 is 23.7 Å². The fraction of sp³-hybridized carbons (Fsp3) is 0.364. The number of carbonyl (C=O) groups is 1. The van der Waals surface area contributed by atoms with E-state index in [4.69, 9.17) is 18.9 Å². The van der Waals surface area contributed by atoms with Crippen molar-refractivity contribution in [3.05, 3.63) is 52.8 Å². The molecule has 0 aliphatic carbocycles. The highest BCUT2D eigenvalue weighted by Gasteiger charge is 2.37. The minimum atomic E-state index is -0.390. The maximum absolute atomic E-state index is 12.2. The minimum Gasteiger partial charge on any atom is -0.492 e. The Morgan fingerprint density at radius 2 is 2.16 bits per heavy atom. The van der Waals surface area contributed by atoms with E-state index in [1.165, 1.54) is 0 Å². The number of likely N-dealkylation sites (N-methyl/N-ethyl adjacent to an activating group) is 1. The summed E-state index contributed by atoms with van der Waals surface area (Å²) in [5.41, 5.74) is 3.15. The van der Waals surface area contributed by atoms with Gasteiger partial charge in [0.15, 0.2) is 17.3 Å². The first-order valence-corrected chi connectivity index (χ1v) is 10.4. The molecule has 0 amide bonds. The molecule has 0 bridgehead atoms. The van der Waals surface area contributed by atoms with E-state index in [9.17, 15) is 4.79 Å². The van der Waals surface area contributed by atoms with Crippen LogP contribution in [-0.4, -0.2) is 65.2 Å². The Labute approximate surface area is 184 Å². The van der Waals surface area contributed by atoms with Crippen molar-refractivity contribution in [1.29, 1.82) is 0 Å². The van der Waals surface area contributed by atoms with Crippen molar-refractivity contribution in [2.24, 2.45) is 0 Å². The quantitative estimate of drug-likeness (QED) is 0.556. The van der Waals surface area contributed by atoms with Crippen LogP contribution in [0.2, 0.25) is 0 Å². The normalized spacial score (nSPS) is 17.2. The third-order valence-corrected chi connectivity index (χ3v) is 5.74. The lowest BCUT2D eigenvalue weighted by Gasteiger charge is -2.34. The van der Waals surface area contributed by atoms with Gasteiger partial charge in [0, 0.05) is 12.1 Å². The molecule has 2 aliphatic rings. The van der Waals surface area contributed by atoms with Gasteiger partial charge in [-0.1, -0.05) is 6.07 Å². The van der Waals surface area contributed by atoms with Gasteiger partial charge < -0.3 is 18.9 Å². The smallest absolute Gasteiger partial charge is 0.338 e. The van der Waals surface area contributed by atoms with Gasteiger partial charge >= 0.3 is 5.97 Å². The van der Waals surface area contributed by atoms with Gasteiger partial charge in [-0.3, -0.25) is 4.90 Å². The highest BCUT2D eigenvalue weighted by atomic mass is 16.7. The van der Waals surface area contributed by atoms with Gasteiger partial charge in [0.25, 0.3) is 0 Å². The number of carbonyl (C=O) groups excluding carboxylic acids is 1. The molecule has 0 N–H and O–H groups in total. The van der Waals surface area contributed by atoms with Crippen molar-refractivity contribution in [3.8, 4) is 22.9 Å². The first kappa shape index (κ1) is 20.3. The van der Waals surface area contributed by atoms with Crippen LogP contribution in [0.25, 0.3) is 5.69 Å². The summed E-state index contributed by atoms with van der Waals surface area (Å²) in [6.45, 7) is 3.04. The van der Waals surface area contributed by atoms with Crippen LogP contribution in [0.1, 0.15) is 40.3 Å². The van der Waals surface area contributed by atoms with Crippen molar-refractivity contribution in [3.63, 3.8) is 0 Å². The van der Waals surface area contributed by atoms with Crippen molar-refractivity contribution in [2.45, 2.75) is 19.4 Å². The molecule has 1 atom stereocenters. The first-order chi connectivity index (χ1) is 15.6. The largest absolute Gasteiger partial charge is 0.492 e. The number of hydrogen-bond acceptors (Lipinski definition) is 9. The number of rotatable bonds is 5. The van der Waals surface area contributed by atoms with E-state index in [0.29, 0.717) is 40.9 Å². The number of ether oxygens (including phenoxy) is 4. The molecule has 3 aromatic rings. The topological polar surface area (TPSA) is 101 Å². The molecule has 3 heterocycles. The van der Waals surface area contributed by atoms with E-state index in [-0.39, 0.29) is 12.8 Å². The summed E-state index contributed by atoms with van der Waals surface area (Å²) < 4.78 is 23.9. The highest BCUT2D eigenvalue weighted by Crippen LogP contribution is 2.50. The Balaban J connectivity index is 1.63. The third kappa shape index (κ3) is 3.23. The van der Waals surface area contributed by atoms with E-state index >= 15 is 0 Å². The zero-order valence-corrected chi connectivity index (χ0v) is 18.1. The van der Waals surface area contributed by atoms with Crippen molar-refractivity contribution in [1.82, 2.24) is 25.1 Å². The molecule has 2 aromatic carbocycles. The van der Waals surface area contributed by atoms with Crippen LogP contribution in [0, 0.1) is 0 Å². The van der Waals surface area contributed by atoms with Crippen molar-refractivity contribution in [2.75, 3.05) is 34.1 Å². The summed E-state index contributed by atoms with van der Waals surface area (Å²) in [4.78, 5) is 14.4. The molecule has 10 heteroatoms. The molecule has 0 unspecified atom stereocenters. The second-order valence-electron chi connectivity index (χ2n) is 7.57. The van der Waals surface area contributed by atoms with Crippen LogP contribution in [0.5, 0.6) is 17.2 Å². The molecule has 1 aromatic heterocycles. The number of esters is 1. The van der Waals surface area contributed by atoms with Crippen LogP contribution in [-0.2, 0) is 11.2 Å². The number of nitrogens with zero attached hydrogens (tertiary/aromatic N) is 5. The minimum absolute atomic E-state index is 0.160. The molecule has 0 saturated carbocycles. The molecule has 0 radical (unpaired) electrons. The SMILES string of the molecule is CCOC(=O)c1cccc(-n2nnnc2[C@@H]2c3c(cc4c(c3OC)OCO4)CCN2C)c1. The predicted octanol–water partition coefficient (Wildman–Crippen LogP) is 2.15. The average Bonchev–Trinajstić information content (AvgIpc) is 3.47. The lowest BCUT2D eigenvalue weighted by atomic mass is 9.90. The third-order valence-electron chi connectivity index (χ3n) is 5.74. The predicted molar refractivity (Wildman–Crippen MR) is 112 cm³/mol. The Morgan fingerprint density at radius 3 is 2.97 bits per heavy atom. The summed E-state index contributed by atoms with van der Waals surface area (Å²) in [6.07, 6.45) is 0.829. The van der Waals surface area contributed by atoms with E-state index in [0.717, 1.165) is 24.1 Å². The first-order valence-electron chi connectivity index (χ1n) is 10.4. The van der Waals surface area contributed by atoms with Crippen LogP contribution < -0.4 is 14.2 Å². The molecular formula is C22H23N5O5. The van der Waals surface area contributed by atoms with E-state index in [1.807, 2.05) is 19.2 Å². The van der Waals surface area contributed by atoms with Crippen LogP contribution in [0.3, 0.4) is 0 Å². The summed E-state index contributed by atoms with van der Waals surface area (Å²) in [6, 6.07) is 8.78. The van der Waals surface area contributed by atoms with Gasteiger partial charge in [0.1, 0.15) is 6.04 Å². The van der Waals surface area contributed by atoms with Gasteiger partial charge in [-0.2, -0.15) is 4.68 Å². The maximum atomic E-state index is 12.2. The zero-order valence-electron chi connectivity index (χ0n) is 18.1. The number of tetrazole rings is 1. The van der Waals surface area contributed by atoms with Gasteiger partial charge in [0.2, 0.25) is 12.5 Å². The summed E-state index contributed by atoms with van der Waals surface area (Å²) in [7, 11) is 3.64. The number of aromatic nitrogens is 4. The van der Waals surface area contributed by atoms with Crippen LogP contribution >= 0.6 is 0 Å². The highest BCUT2D eigenvalue weighted by molar-refractivity contribution is 5.90. The number of benzene rings is 2. The fourth-order valence-corrected chi connectivity index (χ4v) is 4.29. The molecule has 2 aliphatic heterocycles. The molecule has 5 rings (SSSR count). The molecule has 166 valence electrons. The number of methoxy groups -OCH3 is 1. The number of hydrogen-bond donors (Lipinski definition) is 0. The van der Waals surface area contributed by atoms with Gasteiger partial charge in [-0.05, 0) is 60.6 Å². The molecule has 10 nitrogen and oxygen atoms in total. The summed E-state index contributed by atoms with van der Waals surface area (Å²) in [5, 5.41) is 12.5. The average molecular weight is 437 g/mol. The fourth-order valence-electron chi connectivity index (χ4n) is 4.29. The lowest BCUT2D eigenvalue weighted by molar-refractivity contribution is 0.0526. The monoisotopic (exact) mass is 437 g/mol. The van der Waals surface area contributed by atoms with E-state index in [1.54, 1.807) is 36.9 Å². The summed E-state index contributed by atoms with van der Waals surface area (Å²) in [5.74, 6) is 2.12. The van der Waals surface area contributed by atoms with Gasteiger partial charge in [-0.15, -0.1) is 5.10 Å². The molecule has 0 spiro atoms. The Bertz CT molecular complexity index is 1180. The second-order valence-corrected chi connectivity index (χ2v) is 7.57. The zero-order chi connectivity index (χ0) is 22.2. The maximum Gasteiger partial charge on any atom is 0.338 e. The van der Waals surface area contributed by atoms with E-state index in [2.05, 4.69) is 20.4 Å². The lowest BCUT2D eigenvalue weighted by Crippen LogP contribution is -2.35. The number of fused-ring (bicyclic) bond motifs is 2. The molecule has 0 fully saturated rings. The molecular weight excluding hydrogens is 414 g/mol. The van der Waals surface area contributed by atoms with Gasteiger partial charge in [-0.25, -0.2) is 4.79 Å². The second kappa shape index (κ2) is 8.12. The van der Waals surface area contributed by atoms with Crippen LogP contribution in [0.4, 0.5) is 0 Å². The molecule has 0 saturated heterocycles. The molecule has 32 heavy (non-hydrogen) atoms. The van der Waals surface area contributed by atoms with Crippen molar-refractivity contribution >= 4 is 5.97 Å². The Kier molecular flexibility index (Phi) is 5.14. The van der Waals surface area contributed by atoms with Crippen LogP contribution in [0.15, 0.2) is 30.3 Å². The van der Waals surface area contributed by atoms with E-state index < -0.39 is 5.97 Å². The standard InChI is InChI=1S/C22H23N5O5/c1-4-30-22(28)14-6-5-7-15(10-14)27-21(23-24-25-27)18-17-13(8-9-26(18)2)11-16-19(20(17)29-3)32-12-31-16/h5-7,10-11,18H,4,8-9,12H2,1-3H3/t18-/m0/s1. The Hall–Kier alpha value is -3.66. The summed E-state index contributed by atoms with van der Waals surface area (Å²) >= 11 is 0. The van der Waals surface area contributed by atoms with Gasteiger partial charge in [0.05, 0.1) is 25.0 Å². The Morgan fingerprint density at radius 1 is 1.28 bits per heavy atom.